The SMILES string of the molecule is CCCCCC1CCC(CCCCCCCCC(=O)OOC(=O)OC(C)C)C(C(=O)OOC(=O)OC(C)C)C1. The number of ether oxygens (including phenoxy) is 2. The van der Waals surface area contributed by atoms with Gasteiger partial charge in [0.25, 0.3) is 0 Å². The Hall–Kier alpha value is -2.52. The maximum Gasteiger partial charge on any atom is 0.550 e. The highest BCUT2D eigenvalue weighted by Gasteiger charge is 2.37. The molecule has 0 bridgehead atoms. The fourth-order valence-corrected chi connectivity index (χ4v) is 4.97. The Morgan fingerprint density at radius 1 is 0.667 bits per heavy atom. The summed E-state index contributed by atoms with van der Waals surface area (Å²) in [6, 6.07) is 0. The Balaban J connectivity index is 2.33. The molecule has 3 atom stereocenters. The van der Waals surface area contributed by atoms with Gasteiger partial charge in [0.15, 0.2) is 0 Å². The van der Waals surface area contributed by atoms with Crippen molar-refractivity contribution in [2.24, 2.45) is 17.8 Å². The van der Waals surface area contributed by atoms with E-state index in [-0.39, 0.29) is 30.5 Å². The molecule has 226 valence electrons. The molecular formula is C29H50O10. The van der Waals surface area contributed by atoms with Crippen molar-refractivity contribution in [1.82, 2.24) is 0 Å². The van der Waals surface area contributed by atoms with Gasteiger partial charge in [0.05, 0.1) is 24.5 Å². The molecule has 0 aromatic rings. The molecule has 10 nitrogen and oxygen atoms in total. The number of carbonyl (C=O) groups excluding carboxylic acids is 4. The van der Waals surface area contributed by atoms with Crippen molar-refractivity contribution in [2.45, 2.75) is 143 Å². The standard InChI is InChI=1S/C29H50O10/c1-6-7-12-15-23-18-19-24(25(20-23)27(31)37-39-29(33)35-22(4)5)16-13-10-8-9-11-14-17-26(30)36-38-28(32)34-21(2)3/h21-25H,6-20H2,1-5H3. The summed E-state index contributed by atoms with van der Waals surface area (Å²) in [7, 11) is 0. The average molecular weight is 559 g/mol. The lowest BCUT2D eigenvalue weighted by molar-refractivity contribution is -0.252. The van der Waals surface area contributed by atoms with Crippen LogP contribution < -0.4 is 0 Å². The van der Waals surface area contributed by atoms with E-state index in [1.165, 1.54) is 19.3 Å². The number of unbranched alkanes of at least 4 members (excludes halogenated alkanes) is 7. The third kappa shape index (κ3) is 16.9. The third-order valence-electron chi connectivity index (χ3n) is 6.88. The van der Waals surface area contributed by atoms with Crippen molar-refractivity contribution in [3.8, 4) is 0 Å². The summed E-state index contributed by atoms with van der Waals surface area (Å²) in [5.41, 5.74) is 0. The van der Waals surface area contributed by atoms with Crippen molar-refractivity contribution in [3.63, 3.8) is 0 Å². The Morgan fingerprint density at radius 3 is 1.85 bits per heavy atom. The van der Waals surface area contributed by atoms with Gasteiger partial charge < -0.3 is 9.47 Å². The van der Waals surface area contributed by atoms with Crippen molar-refractivity contribution in [1.29, 1.82) is 0 Å². The summed E-state index contributed by atoms with van der Waals surface area (Å²) in [4.78, 5) is 65.6. The molecule has 0 heterocycles. The molecule has 0 N–H and O–H groups in total. The molecule has 0 aromatic heterocycles. The first-order valence-corrected chi connectivity index (χ1v) is 14.8. The molecule has 0 aliphatic heterocycles. The Bertz CT molecular complexity index is 721. The topological polar surface area (TPSA) is 124 Å². The first-order chi connectivity index (χ1) is 18.6. The summed E-state index contributed by atoms with van der Waals surface area (Å²) in [5, 5.41) is 0. The van der Waals surface area contributed by atoms with E-state index in [1.807, 2.05) is 0 Å². The van der Waals surface area contributed by atoms with Crippen LogP contribution in [0, 0.1) is 17.8 Å². The monoisotopic (exact) mass is 558 g/mol. The zero-order chi connectivity index (χ0) is 29.0. The molecule has 0 saturated heterocycles. The summed E-state index contributed by atoms with van der Waals surface area (Å²) in [6.45, 7) is 8.90. The third-order valence-corrected chi connectivity index (χ3v) is 6.88. The van der Waals surface area contributed by atoms with Crippen LogP contribution in [0.1, 0.15) is 131 Å². The molecule has 3 unspecified atom stereocenters. The average Bonchev–Trinajstić information content (AvgIpc) is 2.87. The number of hydrogen-bond acceptors (Lipinski definition) is 10. The van der Waals surface area contributed by atoms with E-state index in [0.29, 0.717) is 12.3 Å². The maximum atomic E-state index is 12.8. The van der Waals surface area contributed by atoms with Gasteiger partial charge in [-0.2, -0.15) is 9.59 Å². The van der Waals surface area contributed by atoms with Crippen LogP contribution in [-0.4, -0.2) is 36.5 Å². The second kappa shape index (κ2) is 20.4. The molecule has 1 aliphatic carbocycles. The van der Waals surface area contributed by atoms with Crippen LogP contribution in [-0.2, 0) is 38.6 Å². The molecule has 1 aliphatic rings. The van der Waals surface area contributed by atoms with Crippen LogP contribution in [0.5, 0.6) is 0 Å². The Labute approximate surface area is 233 Å². The van der Waals surface area contributed by atoms with Gasteiger partial charge >= 0.3 is 24.2 Å². The van der Waals surface area contributed by atoms with Crippen LogP contribution in [0.15, 0.2) is 0 Å². The zero-order valence-electron chi connectivity index (χ0n) is 24.6. The summed E-state index contributed by atoms with van der Waals surface area (Å²) >= 11 is 0. The minimum Gasteiger partial charge on any atom is -0.429 e. The first kappa shape index (κ1) is 34.5. The lowest BCUT2D eigenvalue weighted by Gasteiger charge is -2.34. The molecule has 0 amide bonds. The number of rotatable bonds is 16. The van der Waals surface area contributed by atoms with Crippen molar-refractivity contribution >= 4 is 24.2 Å². The summed E-state index contributed by atoms with van der Waals surface area (Å²) in [5.74, 6) is -0.648. The second-order valence-corrected chi connectivity index (χ2v) is 11.1. The fourth-order valence-electron chi connectivity index (χ4n) is 4.97. The molecule has 0 radical (unpaired) electrons. The molecule has 0 spiro atoms. The lowest BCUT2D eigenvalue weighted by Crippen LogP contribution is -2.33. The van der Waals surface area contributed by atoms with E-state index >= 15 is 0 Å². The van der Waals surface area contributed by atoms with Crippen LogP contribution in [0.25, 0.3) is 0 Å². The predicted molar refractivity (Wildman–Crippen MR) is 143 cm³/mol. The minimum atomic E-state index is -1.03. The minimum absolute atomic E-state index is 0.174. The molecule has 0 aromatic carbocycles. The molecule has 1 rings (SSSR count). The normalized spacial score (nSPS) is 18.9. The van der Waals surface area contributed by atoms with Crippen LogP contribution in [0.4, 0.5) is 9.59 Å². The van der Waals surface area contributed by atoms with Gasteiger partial charge in [0.1, 0.15) is 0 Å². The van der Waals surface area contributed by atoms with Gasteiger partial charge in [-0.1, -0.05) is 71.1 Å². The van der Waals surface area contributed by atoms with Gasteiger partial charge in [-0.25, -0.2) is 29.1 Å². The van der Waals surface area contributed by atoms with Gasteiger partial charge in [-0.3, -0.25) is 0 Å². The van der Waals surface area contributed by atoms with E-state index in [9.17, 15) is 19.2 Å². The second-order valence-electron chi connectivity index (χ2n) is 11.1. The summed E-state index contributed by atoms with van der Waals surface area (Å²) in [6.07, 6.45) is 11.4. The molecule has 39 heavy (non-hydrogen) atoms. The van der Waals surface area contributed by atoms with E-state index in [4.69, 9.17) is 14.4 Å². The molecule has 1 fully saturated rings. The smallest absolute Gasteiger partial charge is 0.429 e. The van der Waals surface area contributed by atoms with E-state index in [2.05, 4.69) is 21.6 Å². The molecule has 1 saturated carbocycles. The summed E-state index contributed by atoms with van der Waals surface area (Å²) < 4.78 is 9.59. The quantitative estimate of drug-likeness (QED) is 0.0803. The van der Waals surface area contributed by atoms with E-state index in [1.54, 1.807) is 27.7 Å². The molecular weight excluding hydrogens is 508 g/mol. The van der Waals surface area contributed by atoms with Crippen LogP contribution in [0.3, 0.4) is 0 Å². The van der Waals surface area contributed by atoms with Gasteiger partial charge in [0, 0.05) is 0 Å². The highest BCUT2D eigenvalue weighted by atomic mass is 17.2. The van der Waals surface area contributed by atoms with Crippen LogP contribution >= 0.6 is 0 Å². The van der Waals surface area contributed by atoms with E-state index in [0.717, 1.165) is 64.2 Å². The highest BCUT2D eigenvalue weighted by Crippen LogP contribution is 2.39. The predicted octanol–water partition coefficient (Wildman–Crippen LogP) is 7.76. The fraction of sp³-hybridized carbons (Fsp3) is 0.862. The van der Waals surface area contributed by atoms with Crippen molar-refractivity contribution in [2.75, 3.05) is 0 Å². The van der Waals surface area contributed by atoms with Gasteiger partial charge in [0.2, 0.25) is 0 Å². The Morgan fingerprint density at radius 2 is 1.23 bits per heavy atom. The lowest BCUT2D eigenvalue weighted by atomic mass is 9.71. The first-order valence-electron chi connectivity index (χ1n) is 14.8. The maximum absolute atomic E-state index is 12.8. The van der Waals surface area contributed by atoms with Gasteiger partial charge in [-0.05, 0) is 65.2 Å². The Kier molecular flexibility index (Phi) is 18.0. The number of hydrogen-bond donors (Lipinski definition) is 0. The zero-order valence-corrected chi connectivity index (χ0v) is 24.6. The highest BCUT2D eigenvalue weighted by molar-refractivity contribution is 5.73. The van der Waals surface area contributed by atoms with Crippen LogP contribution in [0.2, 0.25) is 0 Å². The van der Waals surface area contributed by atoms with E-state index < -0.39 is 24.2 Å². The molecule has 10 heteroatoms. The number of carbonyl (C=O) groups is 4. The largest absolute Gasteiger partial charge is 0.550 e. The van der Waals surface area contributed by atoms with Gasteiger partial charge in [-0.15, -0.1) is 0 Å². The van der Waals surface area contributed by atoms with Crippen molar-refractivity contribution in [3.05, 3.63) is 0 Å². The van der Waals surface area contributed by atoms with Crippen molar-refractivity contribution < 1.29 is 48.2 Å².